The van der Waals surface area contributed by atoms with Gasteiger partial charge >= 0.3 is 11.9 Å². The number of ketones is 1. The molecule has 1 heterocycles. The number of carbonyl (C=O) groups excluding carboxylic acids is 1. The summed E-state index contributed by atoms with van der Waals surface area (Å²) in [5.74, 6) is -2.01. The van der Waals surface area contributed by atoms with E-state index in [-0.39, 0.29) is 5.92 Å². The lowest BCUT2D eigenvalue weighted by Gasteiger charge is -2.28. The molecule has 0 saturated carbocycles. The third-order valence-electron chi connectivity index (χ3n) is 3.42. The number of likely N-dealkylation sites (tertiary alicyclic amines) is 1. The number of carbonyl (C=O) groups is 3. The van der Waals surface area contributed by atoms with E-state index in [0.717, 1.165) is 31.5 Å². The fourth-order valence-electron chi connectivity index (χ4n) is 2.36. The van der Waals surface area contributed by atoms with E-state index in [9.17, 15) is 14.4 Å². The first kappa shape index (κ1) is 18.6. The molecule has 0 amide bonds. The molecule has 0 radical (unpaired) electrons. The van der Waals surface area contributed by atoms with Crippen LogP contribution in [0.5, 0.6) is 0 Å². The van der Waals surface area contributed by atoms with Gasteiger partial charge in [-0.05, 0) is 26.4 Å². The van der Waals surface area contributed by atoms with Crippen molar-refractivity contribution in [2.24, 2.45) is 5.92 Å². The number of rotatable bonds is 4. The summed E-state index contributed by atoms with van der Waals surface area (Å²) in [4.78, 5) is 33.5. The maximum absolute atomic E-state index is 12.1. The SMILES string of the molecule is CN1CCCC(C(=O)c2ccccc2)C1.O=C(O)/C=C/C(=O)O. The van der Waals surface area contributed by atoms with Crippen molar-refractivity contribution in [3.8, 4) is 0 Å². The summed E-state index contributed by atoms with van der Waals surface area (Å²) < 4.78 is 0. The van der Waals surface area contributed by atoms with Crippen LogP contribution in [-0.4, -0.2) is 53.0 Å². The van der Waals surface area contributed by atoms with Gasteiger partial charge in [-0.25, -0.2) is 9.59 Å². The van der Waals surface area contributed by atoms with Crippen LogP contribution in [0.3, 0.4) is 0 Å². The smallest absolute Gasteiger partial charge is 0.328 e. The van der Waals surface area contributed by atoms with E-state index in [4.69, 9.17) is 10.2 Å². The van der Waals surface area contributed by atoms with Gasteiger partial charge in [-0.15, -0.1) is 0 Å². The second-order valence-corrected chi connectivity index (χ2v) is 5.34. The topological polar surface area (TPSA) is 94.9 Å². The zero-order chi connectivity index (χ0) is 17.2. The summed E-state index contributed by atoms with van der Waals surface area (Å²) >= 11 is 0. The summed E-state index contributed by atoms with van der Waals surface area (Å²) in [5.41, 5.74) is 0.859. The summed E-state index contributed by atoms with van der Waals surface area (Å²) in [7, 11) is 2.09. The molecule has 2 rings (SSSR count). The van der Waals surface area contributed by atoms with Crippen LogP contribution >= 0.6 is 0 Å². The molecule has 1 aliphatic rings. The number of hydrogen-bond acceptors (Lipinski definition) is 4. The highest BCUT2D eigenvalue weighted by Gasteiger charge is 2.24. The largest absolute Gasteiger partial charge is 0.478 e. The zero-order valence-electron chi connectivity index (χ0n) is 13.0. The van der Waals surface area contributed by atoms with Gasteiger partial charge in [0.1, 0.15) is 0 Å². The summed E-state index contributed by atoms with van der Waals surface area (Å²) in [6.07, 6.45) is 3.29. The molecule has 0 spiro atoms. The number of carboxylic acids is 2. The number of aliphatic carboxylic acids is 2. The van der Waals surface area contributed by atoms with Gasteiger partial charge in [-0.3, -0.25) is 4.79 Å². The van der Waals surface area contributed by atoms with Crippen LogP contribution in [0.15, 0.2) is 42.5 Å². The molecule has 124 valence electrons. The predicted molar refractivity (Wildman–Crippen MR) is 85.4 cm³/mol. The van der Waals surface area contributed by atoms with Gasteiger partial charge in [-0.2, -0.15) is 0 Å². The molecule has 1 fully saturated rings. The minimum atomic E-state index is -1.26. The molecule has 0 aliphatic carbocycles. The molecule has 23 heavy (non-hydrogen) atoms. The standard InChI is InChI=1S/C13H17NO.C4H4O4/c1-14-9-5-8-12(10-14)13(15)11-6-3-2-4-7-11;5-3(6)1-2-4(7)8/h2-4,6-7,12H,5,8-10H2,1H3;1-2H,(H,5,6)(H,7,8)/b;2-1+. The second-order valence-electron chi connectivity index (χ2n) is 5.34. The van der Waals surface area contributed by atoms with Crippen LogP contribution in [0.1, 0.15) is 23.2 Å². The fourth-order valence-corrected chi connectivity index (χ4v) is 2.36. The number of piperidine rings is 1. The van der Waals surface area contributed by atoms with Crippen molar-refractivity contribution in [1.82, 2.24) is 4.90 Å². The molecule has 6 nitrogen and oxygen atoms in total. The van der Waals surface area contributed by atoms with Gasteiger partial charge in [0.2, 0.25) is 0 Å². The molecule has 0 bridgehead atoms. The summed E-state index contributed by atoms with van der Waals surface area (Å²) in [6, 6.07) is 9.64. The Morgan fingerprint density at radius 2 is 1.65 bits per heavy atom. The molecule has 1 aromatic carbocycles. The Hall–Kier alpha value is -2.47. The van der Waals surface area contributed by atoms with Crippen molar-refractivity contribution in [1.29, 1.82) is 0 Å². The van der Waals surface area contributed by atoms with Gasteiger partial charge in [-0.1, -0.05) is 30.3 Å². The van der Waals surface area contributed by atoms with E-state index in [0.29, 0.717) is 17.9 Å². The number of carboxylic acid groups (broad SMARTS) is 2. The first-order valence-corrected chi connectivity index (χ1v) is 7.32. The van der Waals surface area contributed by atoms with Crippen LogP contribution in [0, 0.1) is 5.92 Å². The molecule has 1 atom stereocenters. The lowest BCUT2D eigenvalue weighted by atomic mass is 9.90. The van der Waals surface area contributed by atoms with Crippen molar-refractivity contribution in [3.63, 3.8) is 0 Å². The Morgan fingerprint density at radius 1 is 1.09 bits per heavy atom. The van der Waals surface area contributed by atoms with E-state index >= 15 is 0 Å². The number of benzene rings is 1. The van der Waals surface area contributed by atoms with Gasteiger partial charge in [0, 0.05) is 30.2 Å². The van der Waals surface area contributed by atoms with Gasteiger partial charge in [0.25, 0.3) is 0 Å². The highest BCUT2D eigenvalue weighted by molar-refractivity contribution is 5.98. The van der Waals surface area contributed by atoms with Gasteiger partial charge < -0.3 is 15.1 Å². The Morgan fingerprint density at radius 3 is 2.13 bits per heavy atom. The predicted octanol–water partition coefficient (Wildman–Crippen LogP) is 1.92. The van der Waals surface area contributed by atoms with Crippen LogP contribution < -0.4 is 0 Å². The van der Waals surface area contributed by atoms with Crippen LogP contribution in [0.4, 0.5) is 0 Å². The van der Waals surface area contributed by atoms with Crippen molar-refractivity contribution in [3.05, 3.63) is 48.0 Å². The number of Topliss-reactive ketones (excluding diaryl/α,β-unsaturated/α-hetero) is 1. The van der Waals surface area contributed by atoms with E-state index in [1.54, 1.807) is 0 Å². The van der Waals surface area contributed by atoms with Crippen LogP contribution in [0.25, 0.3) is 0 Å². The Bertz CT molecular complexity index is 552. The quantitative estimate of drug-likeness (QED) is 0.650. The van der Waals surface area contributed by atoms with E-state index in [1.807, 2.05) is 30.3 Å². The lowest BCUT2D eigenvalue weighted by Crippen LogP contribution is -2.36. The second kappa shape index (κ2) is 9.53. The van der Waals surface area contributed by atoms with Gasteiger partial charge in [0.15, 0.2) is 5.78 Å². The molecule has 6 heteroatoms. The highest BCUT2D eigenvalue weighted by Crippen LogP contribution is 2.19. The fraction of sp³-hybridized carbons (Fsp3) is 0.353. The van der Waals surface area contributed by atoms with Crippen molar-refractivity contribution in [2.45, 2.75) is 12.8 Å². The molecule has 1 aromatic rings. The lowest BCUT2D eigenvalue weighted by molar-refractivity contribution is -0.134. The first-order valence-electron chi connectivity index (χ1n) is 7.32. The van der Waals surface area contributed by atoms with Crippen molar-refractivity contribution >= 4 is 17.7 Å². The minimum Gasteiger partial charge on any atom is -0.478 e. The average Bonchev–Trinajstić information content (AvgIpc) is 2.54. The Labute approximate surface area is 135 Å². The number of nitrogens with zero attached hydrogens (tertiary/aromatic N) is 1. The molecular formula is C17H21NO5. The van der Waals surface area contributed by atoms with Crippen LogP contribution in [-0.2, 0) is 9.59 Å². The molecule has 0 aromatic heterocycles. The minimum absolute atomic E-state index is 0.200. The highest BCUT2D eigenvalue weighted by atomic mass is 16.4. The van der Waals surface area contributed by atoms with E-state index in [1.165, 1.54) is 0 Å². The molecule has 2 N–H and O–H groups in total. The summed E-state index contributed by atoms with van der Waals surface area (Å²) in [5, 5.41) is 15.6. The first-order chi connectivity index (χ1) is 10.9. The zero-order valence-corrected chi connectivity index (χ0v) is 13.0. The third kappa shape index (κ3) is 7.37. The molecule has 1 unspecified atom stereocenters. The number of hydrogen-bond donors (Lipinski definition) is 2. The van der Waals surface area contributed by atoms with Crippen molar-refractivity contribution in [2.75, 3.05) is 20.1 Å². The Balaban J connectivity index is 0.000000284. The van der Waals surface area contributed by atoms with Gasteiger partial charge in [0.05, 0.1) is 0 Å². The van der Waals surface area contributed by atoms with E-state index < -0.39 is 11.9 Å². The Kier molecular flexibility index (Phi) is 7.70. The normalized spacial score (nSPS) is 18.0. The average molecular weight is 319 g/mol. The van der Waals surface area contributed by atoms with E-state index in [2.05, 4.69) is 11.9 Å². The molecular weight excluding hydrogens is 298 g/mol. The van der Waals surface area contributed by atoms with Crippen molar-refractivity contribution < 1.29 is 24.6 Å². The maximum Gasteiger partial charge on any atom is 0.328 e. The third-order valence-corrected chi connectivity index (χ3v) is 3.42. The van der Waals surface area contributed by atoms with Crippen LogP contribution in [0.2, 0.25) is 0 Å². The maximum atomic E-state index is 12.1. The summed E-state index contributed by atoms with van der Waals surface area (Å²) in [6.45, 7) is 2.03. The molecule has 1 saturated heterocycles. The monoisotopic (exact) mass is 319 g/mol. The molecule has 1 aliphatic heterocycles.